The van der Waals surface area contributed by atoms with Crippen LogP contribution in [-0.2, 0) is 9.53 Å². The zero-order valence-corrected chi connectivity index (χ0v) is 11.6. The molecule has 0 aromatic heterocycles. The minimum absolute atomic E-state index is 0.0671. The average Bonchev–Trinajstić information content (AvgIpc) is 2.40. The molecule has 1 amide bonds. The van der Waals surface area contributed by atoms with Crippen molar-refractivity contribution in [3.63, 3.8) is 0 Å². The lowest BCUT2D eigenvalue weighted by Gasteiger charge is -2.41. The Labute approximate surface area is 114 Å². The third kappa shape index (κ3) is 3.07. The Morgan fingerprint density at radius 3 is 2.68 bits per heavy atom. The van der Waals surface area contributed by atoms with Crippen LogP contribution in [0.5, 0.6) is 0 Å². The Hall–Kier alpha value is -1.55. The van der Waals surface area contributed by atoms with Gasteiger partial charge in [0.05, 0.1) is 6.10 Å². The van der Waals surface area contributed by atoms with Crippen LogP contribution < -0.4 is 11.1 Å². The fourth-order valence-electron chi connectivity index (χ4n) is 2.51. The molecule has 1 fully saturated rings. The molecule has 4 nitrogen and oxygen atoms in total. The van der Waals surface area contributed by atoms with Gasteiger partial charge in [-0.2, -0.15) is 0 Å². The predicted molar refractivity (Wildman–Crippen MR) is 75.8 cm³/mol. The summed E-state index contributed by atoms with van der Waals surface area (Å²) in [6.07, 6.45) is 1.30. The molecule has 1 aliphatic rings. The number of carbonyl (C=O) groups is 1. The first-order chi connectivity index (χ1) is 9.03. The van der Waals surface area contributed by atoms with Crippen LogP contribution in [0, 0.1) is 5.92 Å². The molecule has 2 atom stereocenters. The monoisotopic (exact) mass is 262 g/mol. The first-order valence-electron chi connectivity index (χ1n) is 6.78. The third-order valence-electron chi connectivity index (χ3n) is 3.78. The van der Waals surface area contributed by atoms with Gasteiger partial charge >= 0.3 is 0 Å². The molecular formula is C15H22N2O2. The van der Waals surface area contributed by atoms with Crippen LogP contribution in [-0.4, -0.2) is 24.2 Å². The minimum atomic E-state index is -0.700. The van der Waals surface area contributed by atoms with Gasteiger partial charge in [-0.25, -0.2) is 0 Å². The van der Waals surface area contributed by atoms with Crippen molar-refractivity contribution < 1.29 is 9.53 Å². The second kappa shape index (κ2) is 5.61. The minimum Gasteiger partial charge on any atom is -0.378 e. The van der Waals surface area contributed by atoms with Crippen LogP contribution in [0.1, 0.15) is 26.7 Å². The van der Waals surface area contributed by atoms with E-state index in [9.17, 15) is 4.79 Å². The number of rotatable bonds is 4. The van der Waals surface area contributed by atoms with E-state index in [2.05, 4.69) is 19.2 Å². The summed E-state index contributed by atoms with van der Waals surface area (Å²) in [5, 5.41) is 3.32. The number of para-hydroxylation sites is 1. The number of ether oxygens (including phenoxy) is 1. The highest BCUT2D eigenvalue weighted by Crippen LogP contribution is 2.31. The summed E-state index contributed by atoms with van der Waals surface area (Å²) in [4.78, 5) is 12.0. The van der Waals surface area contributed by atoms with Gasteiger partial charge in [0.2, 0.25) is 5.91 Å². The van der Waals surface area contributed by atoms with E-state index in [1.807, 2.05) is 30.3 Å². The number of benzene rings is 1. The SMILES string of the molecule is CC(C)C1CC(Nc2ccccc2)(C(N)=O)CCO1. The molecule has 3 N–H and O–H groups in total. The Kier molecular flexibility index (Phi) is 4.10. The van der Waals surface area contributed by atoms with E-state index in [1.54, 1.807) is 0 Å². The number of hydrogen-bond donors (Lipinski definition) is 2. The second-order valence-electron chi connectivity index (χ2n) is 5.54. The van der Waals surface area contributed by atoms with Crippen LogP contribution in [0.15, 0.2) is 30.3 Å². The predicted octanol–water partition coefficient (Wildman–Crippen LogP) is 2.16. The Morgan fingerprint density at radius 2 is 2.11 bits per heavy atom. The van der Waals surface area contributed by atoms with E-state index < -0.39 is 5.54 Å². The summed E-state index contributed by atoms with van der Waals surface area (Å²) in [6, 6.07) is 9.73. The van der Waals surface area contributed by atoms with Gasteiger partial charge in [-0.1, -0.05) is 32.0 Å². The highest BCUT2D eigenvalue weighted by molar-refractivity contribution is 5.88. The van der Waals surface area contributed by atoms with Gasteiger partial charge in [0.15, 0.2) is 0 Å². The second-order valence-corrected chi connectivity index (χ2v) is 5.54. The maximum atomic E-state index is 12.0. The summed E-state index contributed by atoms with van der Waals surface area (Å²) in [7, 11) is 0. The lowest BCUT2D eigenvalue weighted by atomic mass is 9.82. The Balaban J connectivity index is 2.20. The van der Waals surface area contributed by atoms with Crippen LogP contribution in [0.3, 0.4) is 0 Å². The molecule has 1 saturated heterocycles. The molecule has 104 valence electrons. The van der Waals surface area contributed by atoms with E-state index in [0.717, 1.165) is 5.69 Å². The molecule has 0 radical (unpaired) electrons. The van der Waals surface area contributed by atoms with Crippen molar-refractivity contribution in [2.75, 3.05) is 11.9 Å². The third-order valence-corrected chi connectivity index (χ3v) is 3.78. The molecule has 19 heavy (non-hydrogen) atoms. The van der Waals surface area contributed by atoms with Crippen LogP contribution in [0.4, 0.5) is 5.69 Å². The standard InChI is InChI=1S/C15H22N2O2/c1-11(2)13-10-15(14(16)18,8-9-19-13)17-12-6-4-3-5-7-12/h3-7,11,13,17H,8-10H2,1-2H3,(H2,16,18). The van der Waals surface area contributed by atoms with Gasteiger partial charge in [0, 0.05) is 25.1 Å². The number of amides is 1. The maximum absolute atomic E-state index is 12.0. The molecule has 1 heterocycles. The van der Waals surface area contributed by atoms with Crippen molar-refractivity contribution in [3.05, 3.63) is 30.3 Å². The summed E-state index contributed by atoms with van der Waals surface area (Å²) >= 11 is 0. The fourth-order valence-corrected chi connectivity index (χ4v) is 2.51. The number of anilines is 1. The molecule has 2 unspecified atom stereocenters. The van der Waals surface area contributed by atoms with Crippen molar-refractivity contribution in [3.8, 4) is 0 Å². The average molecular weight is 262 g/mol. The zero-order chi connectivity index (χ0) is 13.9. The largest absolute Gasteiger partial charge is 0.378 e. The molecule has 4 heteroatoms. The van der Waals surface area contributed by atoms with Crippen molar-refractivity contribution >= 4 is 11.6 Å². The summed E-state index contributed by atoms with van der Waals surface area (Å²) in [6.45, 7) is 4.76. The lowest BCUT2D eigenvalue weighted by molar-refractivity contribution is -0.128. The number of hydrogen-bond acceptors (Lipinski definition) is 3. The molecular weight excluding hydrogens is 240 g/mol. The van der Waals surface area contributed by atoms with Gasteiger partial charge < -0.3 is 15.8 Å². The van der Waals surface area contributed by atoms with E-state index >= 15 is 0 Å². The van der Waals surface area contributed by atoms with E-state index in [0.29, 0.717) is 25.4 Å². The first kappa shape index (κ1) is 13.9. The maximum Gasteiger partial charge on any atom is 0.243 e. The molecule has 0 aliphatic carbocycles. The molecule has 0 bridgehead atoms. The van der Waals surface area contributed by atoms with Crippen LogP contribution in [0.2, 0.25) is 0 Å². The van der Waals surface area contributed by atoms with Crippen molar-refractivity contribution in [1.29, 1.82) is 0 Å². The lowest BCUT2D eigenvalue weighted by Crippen LogP contribution is -2.56. The van der Waals surface area contributed by atoms with E-state index in [4.69, 9.17) is 10.5 Å². The normalized spacial score (nSPS) is 27.2. The summed E-state index contributed by atoms with van der Waals surface area (Å²) in [5.74, 6) is 0.0712. The number of nitrogens with two attached hydrogens (primary N) is 1. The van der Waals surface area contributed by atoms with Gasteiger partial charge in [0.25, 0.3) is 0 Å². The van der Waals surface area contributed by atoms with Crippen LogP contribution in [0.25, 0.3) is 0 Å². The quantitative estimate of drug-likeness (QED) is 0.874. The molecule has 1 aromatic rings. The molecule has 2 rings (SSSR count). The first-order valence-corrected chi connectivity index (χ1v) is 6.78. The zero-order valence-electron chi connectivity index (χ0n) is 11.6. The van der Waals surface area contributed by atoms with E-state index in [1.165, 1.54) is 0 Å². The number of carbonyl (C=O) groups excluding carboxylic acids is 1. The van der Waals surface area contributed by atoms with Crippen LogP contribution >= 0.6 is 0 Å². The topological polar surface area (TPSA) is 64.3 Å². The highest BCUT2D eigenvalue weighted by atomic mass is 16.5. The summed E-state index contributed by atoms with van der Waals surface area (Å²) < 4.78 is 5.73. The van der Waals surface area contributed by atoms with Crippen molar-refractivity contribution in [2.45, 2.75) is 38.3 Å². The van der Waals surface area contributed by atoms with E-state index in [-0.39, 0.29) is 12.0 Å². The molecule has 1 aliphatic heterocycles. The van der Waals surface area contributed by atoms with Crippen molar-refractivity contribution in [1.82, 2.24) is 0 Å². The van der Waals surface area contributed by atoms with Gasteiger partial charge in [-0.3, -0.25) is 4.79 Å². The molecule has 1 aromatic carbocycles. The smallest absolute Gasteiger partial charge is 0.243 e. The Morgan fingerprint density at radius 1 is 1.42 bits per heavy atom. The Bertz CT molecular complexity index is 433. The van der Waals surface area contributed by atoms with Gasteiger partial charge in [-0.15, -0.1) is 0 Å². The molecule has 0 saturated carbocycles. The fraction of sp³-hybridized carbons (Fsp3) is 0.533. The number of nitrogens with one attached hydrogen (secondary N) is 1. The molecule has 0 spiro atoms. The highest BCUT2D eigenvalue weighted by Gasteiger charge is 2.42. The van der Waals surface area contributed by atoms with Crippen molar-refractivity contribution in [2.24, 2.45) is 11.7 Å². The summed E-state index contributed by atoms with van der Waals surface area (Å²) in [5.41, 5.74) is 5.88. The van der Waals surface area contributed by atoms with Gasteiger partial charge in [0.1, 0.15) is 5.54 Å². The number of primary amides is 1. The van der Waals surface area contributed by atoms with Gasteiger partial charge in [-0.05, 0) is 18.1 Å².